The Kier molecular flexibility index (Phi) is 4.07. The maximum atomic E-state index is 13.5. The molecule has 0 unspecified atom stereocenters. The molecule has 0 saturated heterocycles. The molecule has 0 atom stereocenters. The predicted molar refractivity (Wildman–Crippen MR) is 81.7 cm³/mol. The van der Waals surface area contributed by atoms with Crippen LogP contribution >= 0.6 is 0 Å². The average Bonchev–Trinajstić information content (AvgIpc) is 2.54. The summed E-state index contributed by atoms with van der Waals surface area (Å²) >= 11 is 0. The third-order valence-electron chi connectivity index (χ3n) is 3.46. The Hall–Kier alpha value is -3.09. The molecule has 0 amide bonds. The number of nitrogens with zero attached hydrogens (tertiary/aromatic N) is 2. The van der Waals surface area contributed by atoms with Gasteiger partial charge in [-0.3, -0.25) is 9.20 Å². The summed E-state index contributed by atoms with van der Waals surface area (Å²) < 4.78 is 33.3. The van der Waals surface area contributed by atoms with Gasteiger partial charge in [0.1, 0.15) is 29.5 Å². The Labute approximate surface area is 135 Å². The van der Waals surface area contributed by atoms with E-state index in [9.17, 15) is 18.4 Å². The molecule has 3 rings (SSSR count). The summed E-state index contributed by atoms with van der Waals surface area (Å²) in [6.45, 7) is 1.42. The Bertz CT molecular complexity index is 979. The van der Waals surface area contributed by atoms with E-state index in [1.54, 1.807) is 25.3 Å². The molecule has 122 valence electrons. The third-order valence-corrected chi connectivity index (χ3v) is 3.46. The number of ether oxygens (including phenoxy) is 1. The molecule has 2 aromatic heterocycles. The van der Waals surface area contributed by atoms with Crippen LogP contribution in [-0.4, -0.2) is 15.4 Å². The number of aryl methyl sites for hydroxylation is 1. The number of carbonyl (C=O) groups is 1. The van der Waals surface area contributed by atoms with E-state index in [1.165, 1.54) is 10.5 Å². The number of hydrogen-bond donors (Lipinski definition) is 0. The lowest BCUT2D eigenvalue weighted by Crippen LogP contribution is -2.17. The molecule has 0 aliphatic heterocycles. The molecular formula is C17H12F2N2O3. The zero-order valence-corrected chi connectivity index (χ0v) is 12.6. The largest absolute Gasteiger partial charge is 0.455 e. The van der Waals surface area contributed by atoms with Gasteiger partial charge in [0.2, 0.25) is 0 Å². The molecule has 2 heterocycles. The van der Waals surface area contributed by atoms with Gasteiger partial charge in [-0.25, -0.2) is 18.6 Å². The molecule has 0 spiro atoms. The molecular weight excluding hydrogens is 318 g/mol. The van der Waals surface area contributed by atoms with Crippen molar-refractivity contribution in [3.8, 4) is 0 Å². The number of carbonyl (C=O) groups excluding carboxylic acids is 1. The first-order chi connectivity index (χ1) is 11.5. The first-order valence-corrected chi connectivity index (χ1v) is 7.06. The van der Waals surface area contributed by atoms with Gasteiger partial charge in [-0.15, -0.1) is 0 Å². The number of benzene rings is 1. The van der Waals surface area contributed by atoms with Crippen LogP contribution in [0, 0.1) is 18.6 Å². The molecule has 0 bridgehead atoms. The fourth-order valence-electron chi connectivity index (χ4n) is 2.29. The molecule has 7 heteroatoms. The zero-order valence-electron chi connectivity index (χ0n) is 12.6. The summed E-state index contributed by atoms with van der Waals surface area (Å²) in [4.78, 5) is 28.1. The van der Waals surface area contributed by atoms with E-state index in [-0.39, 0.29) is 17.9 Å². The highest BCUT2D eigenvalue weighted by atomic mass is 19.1. The van der Waals surface area contributed by atoms with Crippen molar-refractivity contribution >= 4 is 11.6 Å². The van der Waals surface area contributed by atoms with Crippen molar-refractivity contribution in [3.05, 3.63) is 81.4 Å². The minimum absolute atomic E-state index is 0.194. The Balaban J connectivity index is 1.87. The van der Waals surface area contributed by atoms with Crippen molar-refractivity contribution in [3.63, 3.8) is 0 Å². The summed E-state index contributed by atoms with van der Waals surface area (Å²) in [5, 5.41) is 0. The van der Waals surface area contributed by atoms with Crippen molar-refractivity contribution in [1.82, 2.24) is 9.38 Å². The molecule has 3 aromatic rings. The monoisotopic (exact) mass is 330 g/mol. The van der Waals surface area contributed by atoms with Crippen LogP contribution in [0.25, 0.3) is 5.65 Å². The van der Waals surface area contributed by atoms with Crippen LogP contribution in [0.3, 0.4) is 0 Å². The van der Waals surface area contributed by atoms with Crippen molar-refractivity contribution < 1.29 is 18.3 Å². The van der Waals surface area contributed by atoms with E-state index in [0.29, 0.717) is 5.65 Å². The first-order valence-electron chi connectivity index (χ1n) is 7.06. The van der Waals surface area contributed by atoms with Crippen LogP contribution in [0.15, 0.2) is 47.4 Å². The van der Waals surface area contributed by atoms with Crippen molar-refractivity contribution in [2.24, 2.45) is 0 Å². The summed E-state index contributed by atoms with van der Waals surface area (Å²) in [6, 6.07) is 7.78. The first kappa shape index (κ1) is 15.8. The van der Waals surface area contributed by atoms with Gasteiger partial charge >= 0.3 is 5.97 Å². The molecule has 0 N–H and O–H groups in total. The summed E-state index contributed by atoms with van der Waals surface area (Å²) in [5.41, 5.74) is 0.272. The summed E-state index contributed by atoms with van der Waals surface area (Å²) in [6.07, 6.45) is 1.57. The van der Waals surface area contributed by atoms with Crippen LogP contribution < -0.4 is 5.56 Å². The SMILES string of the molecule is Cc1cccn2c(=O)cc(COC(=O)c3c(F)cccc3F)nc12. The molecule has 0 saturated carbocycles. The van der Waals surface area contributed by atoms with Crippen LogP contribution in [0.5, 0.6) is 0 Å². The lowest BCUT2D eigenvalue weighted by molar-refractivity contribution is 0.0456. The van der Waals surface area contributed by atoms with E-state index in [4.69, 9.17) is 4.74 Å². The Morgan fingerprint density at radius 3 is 2.62 bits per heavy atom. The number of esters is 1. The molecule has 1 aromatic carbocycles. The Morgan fingerprint density at radius 1 is 1.21 bits per heavy atom. The van der Waals surface area contributed by atoms with Gasteiger partial charge in [0.25, 0.3) is 5.56 Å². The maximum absolute atomic E-state index is 13.5. The molecule has 5 nitrogen and oxygen atoms in total. The van der Waals surface area contributed by atoms with Crippen molar-refractivity contribution in [2.75, 3.05) is 0 Å². The number of pyridine rings is 1. The summed E-state index contributed by atoms with van der Waals surface area (Å²) in [5.74, 6) is -3.18. The fourth-order valence-corrected chi connectivity index (χ4v) is 2.29. The highest BCUT2D eigenvalue weighted by Gasteiger charge is 2.19. The Morgan fingerprint density at radius 2 is 1.92 bits per heavy atom. The van der Waals surface area contributed by atoms with Gasteiger partial charge in [-0.2, -0.15) is 0 Å². The van der Waals surface area contributed by atoms with Gasteiger partial charge in [0.15, 0.2) is 0 Å². The summed E-state index contributed by atoms with van der Waals surface area (Å²) in [7, 11) is 0. The van der Waals surface area contributed by atoms with Crippen molar-refractivity contribution in [2.45, 2.75) is 13.5 Å². The van der Waals surface area contributed by atoms with Gasteiger partial charge in [-0.1, -0.05) is 12.1 Å². The van der Waals surface area contributed by atoms with Crippen LogP contribution in [0.1, 0.15) is 21.6 Å². The highest BCUT2D eigenvalue weighted by Crippen LogP contribution is 2.14. The second-order valence-corrected chi connectivity index (χ2v) is 5.14. The normalized spacial score (nSPS) is 10.8. The lowest BCUT2D eigenvalue weighted by Gasteiger charge is -2.08. The van der Waals surface area contributed by atoms with Crippen LogP contribution in [0.4, 0.5) is 8.78 Å². The number of fused-ring (bicyclic) bond motifs is 1. The van der Waals surface area contributed by atoms with Gasteiger partial charge in [-0.05, 0) is 30.7 Å². The highest BCUT2D eigenvalue weighted by molar-refractivity contribution is 5.89. The lowest BCUT2D eigenvalue weighted by atomic mass is 10.2. The van der Waals surface area contributed by atoms with E-state index in [0.717, 1.165) is 23.8 Å². The number of aromatic nitrogens is 2. The topological polar surface area (TPSA) is 60.7 Å². The second kappa shape index (κ2) is 6.19. The van der Waals surface area contributed by atoms with E-state index < -0.39 is 23.2 Å². The zero-order chi connectivity index (χ0) is 17.3. The third kappa shape index (κ3) is 2.88. The number of hydrogen-bond acceptors (Lipinski definition) is 4. The van der Waals surface area contributed by atoms with E-state index in [2.05, 4.69) is 4.98 Å². The standard InChI is InChI=1S/C17H12F2N2O3/c1-10-4-3-7-21-14(22)8-11(20-16(10)21)9-24-17(23)15-12(18)5-2-6-13(15)19/h2-8H,9H2,1H3. The number of halogens is 2. The molecule has 24 heavy (non-hydrogen) atoms. The number of rotatable bonds is 3. The van der Waals surface area contributed by atoms with Gasteiger partial charge in [0, 0.05) is 12.3 Å². The van der Waals surface area contributed by atoms with Crippen LogP contribution in [-0.2, 0) is 11.3 Å². The average molecular weight is 330 g/mol. The fraction of sp³-hybridized carbons (Fsp3) is 0.118. The minimum Gasteiger partial charge on any atom is -0.455 e. The van der Waals surface area contributed by atoms with Crippen molar-refractivity contribution in [1.29, 1.82) is 0 Å². The molecule has 0 radical (unpaired) electrons. The predicted octanol–water partition coefficient (Wildman–Crippen LogP) is 2.64. The smallest absolute Gasteiger partial charge is 0.344 e. The quantitative estimate of drug-likeness (QED) is 0.693. The maximum Gasteiger partial charge on any atom is 0.344 e. The van der Waals surface area contributed by atoms with E-state index >= 15 is 0 Å². The molecule has 0 aliphatic carbocycles. The van der Waals surface area contributed by atoms with Crippen LogP contribution in [0.2, 0.25) is 0 Å². The molecule has 0 fully saturated rings. The van der Waals surface area contributed by atoms with E-state index in [1.807, 2.05) is 0 Å². The molecule has 0 aliphatic rings. The van der Waals surface area contributed by atoms with Gasteiger partial charge < -0.3 is 4.74 Å². The second-order valence-electron chi connectivity index (χ2n) is 5.14. The minimum atomic E-state index is -1.16. The van der Waals surface area contributed by atoms with Gasteiger partial charge in [0.05, 0.1) is 5.69 Å².